The number of aliphatic carboxylic acids is 1. The number of nitrogens with one attached hydrogen (secondary N) is 1. The number of rotatable bonds is 4. The van der Waals surface area contributed by atoms with Gasteiger partial charge < -0.3 is 21.0 Å². The fourth-order valence-electron chi connectivity index (χ4n) is 0.921. The molecule has 0 fully saturated rings. The van der Waals surface area contributed by atoms with E-state index in [0.29, 0.717) is 5.69 Å². The summed E-state index contributed by atoms with van der Waals surface area (Å²) in [6.07, 6.45) is 0. The summed E-state index contributed by atoms with van der Waals surface area (Å²) in [7, 11) is 0. The maximum atomic E-state index is 10.5. The molecular formula is C9H13NO4. The number of carbonyl (C=O) groups is 1. The van der Waals surface area contributed by atoms with E-state index in [1.807, 2.05) is 6.07 Å². The van der Waals surface area contributed by atoms with Gasteiger partial charge in [0, 0.05) is 5.69 Å². The first-order chi connectivity index (χ1) is 6.24. The number of para-hydroxylation sites is 1. The minimum Gasteiger partial charge on any atom is -0.480 e. The van der Waals surface area contributed by atoms with E-state index in [1.54, 1.807) is 24.3 Å². The maximum Gasteiger partial charge on any atom is 0.328 e. The van der Waals surface area contributed by atoms with Crippen molar-refractivity contribution in [3.05, 3.63) is 30.3 Å². The number of carboxylic acid groups (broad SMARTS) is 1. The number of hydrogen-bond donors (Lipinski definition) is 3. The minimum absolute atomic E-state index is 0. The molecule has 14 heavy (non-hydrogen) atoms. The van der Waals surface area contributed by atoms with Gasteiger partial charge in [-0.1, -0.05) is 18.2 Å². The second-order valence-corrected chi connectivity index (χ2v) is 2.58. The summed E-state index contributed by atoms with van der Waals surface area (Å²) >= 11 is 0. The first-order valence-electron chi connectivity index (χ1n) is 3.89. The third kappa shape index (κ3) is 3.42. The van der Waals surface area contributed by atoms with E-state index < -0.39 is 18.6 Å². The highest BCUT2D eigenvalue weighted by Gasteiger charge is 2.14. The topological polar surface area (TPSA) is 101 Å². The Labute approximate surface area is 81.3 Å². The Bertz CT molecular complexity index is 275. The van der Waals surface area contributed by atoms with Gasteiger partial charge in [-0.2, -0.15) is 0 Å². The monoisotopic (exact) mass is 199 g/mol. The molecule has 5 nitrogen and oxygen atoms in total. The number of aliphatic hydroxyl groups excluding tert-OH is 1. The lowest BCUT2D eigenvalue weighted by Gasteiger charge is -2.12. The molecule has 0 aliphatic heterocycles. The second kappa shape index (κ2) is 5.95. The fourth-order valence-corrected chi connectivity index (χ4v) is 0.921. The Morgan fingerprint density at radius 1 is 1.36 bits per heavy atom. The lowest BCUT2D eigenvalue weighted by Crippen LogP contribution is -2.32. The molecular weight excluding hydrogens is 186 g/mol. The van der Waals surface area contributed by atoms with Gasteiger partial charge in [0.2, 0.25) is 0 Å². The van der Waals surface area contributed by atoms with Crippen molar-refractivity contribution in [2.45, 2.75) is 6.04 Å². The van der Waals surface area contributed by atoms with Crippen LogP contribution >= 0.6 is 0 Å². The van der Waals surface area contributed by atoms with E-state index >= 15 is 0 Å². The highest BCUT2D eigenvalue weighted by atomic mass is 16.4. The van der Waals surface area contributed by atoms with Crippen molar-refractivity contribution in [2.75, 3.05) is 11.9 Å². The predicted octanol–water partition coefficient (Wildman–Crippen LogP) is -0.281. The van der Waals surface area contributed by atoms with Crippen molar-refractivity contribution in [3.8, 4) is 0 Å². The molecule has 0 unspecified atom stereocenters. The lowest BCUT2D eigenvalue weighted by molar-refractivity contribution is -0.138. The standard InChI is InChI=1S/C9H11NO3.H2O/c11-6-8(9(12)13)10-7-4-2-1-3-5-7;/h1-5,8,10-11H,6H2,(H,12,13);1H2/t8-;/m0./s1. The van der Waals surface area contributed by atoms with E-state index in [0.717, 1.165) is 0 Å². The Morgan fingerprint density at radius 3 is 2.36 bits per heavy atom. The highest BCUT2D eigenvalue weighted by Crippen LogP contribution is 2.06. The molecule has 1 rings (SSSR count). The molecule has 0 aromatic heterocycles. The summed E-state index contributed by atoms with van der Waals surface area (Å²) in [4.78, 5) is 10.5. The van der Waals surface area contributed by atoms with E-state index in [2.05, 4.69) is 5.32 Å². The molecule has 1 aromatic carbocycles. The summed E-state index contributed by atoms with van der Waals surface area (Å²) < 4.78 is 0. The maximum absolute atomic E-state index is 10.5. The molecule has 0 aliphatic carbocycles. The average Bonchev–Trinajstić information content (AvgIpc) is 2.15. The van der Waals surface area contributed by atoms with Crippen molar-refractivity contribution in [2.24, 2.45) is 0 Å². The van der Waals surface area contributed by atoms with Gasteiger partial charge in [0.1, 0.15) is 6.04 Å². The summed E-state index contributed by atoms with van der Waals surface area (Å²) in [6.45, 7) is -0.426. The van der Waals surface area contributed by atoms with Crippen molar-refractivity contribution >= 4 is 11.7 Å². The van der Waals surface area contributed by atoms with Crippen LogP contribution in [-0.4, -0.2) is 34.3 Å². The number of anilines is 1. The first kappa shape index (κ1) is 12.4. The molecule has 1 atom stereocenters. The van der Waals surface area contributed by atoms with E-state index in [4.69, 9.17) is 10.2 Å². The minimum atomic E-state index is -1.06. The molecule has 0 aliphatic rings. The molecule has 0 radical (unpaired) electrons. The van der Waals surface area contributed by atoms with Gasteiger partial charge in [0.25, 0.3) is 0 Å². The first-order valence-corrected chi connectivity index (χ1v) is 3.89. The number of hydrogen-bond acceptors (Lipinski definition) is 3. The van der Waals surface area contributed by atoms with Gasteiger partial charge >= 0.3 is 5.97 Å². The Kier molecular flexibility index (Phi) is 5.28. The summed E-state index contributed by atoms with van der Waals surface area (Å²) in [5.41, 5.74) is 0.684. The zero-order chi connectivity index (χ0) is 9.68. The van der Waals surface area contributed by atoms with E-state index in [9.17, 15) is 4.79 Å². The van der Waals surface area contributed by atoms with Crippen LogP contribution in [-0.2, 0) is 4.79 Å². The fraction of sp³-hybridized carbons (Fsp3) is 0.222. The van der Waals surface area contributed by atoms with Crippen molar-refractivity contribution < 1.29 is 20.5 Å². The van der Waals surface area contributed by atoms with Crippen molar-refractivity contribution in [1.82, 2.24) is 0 Å². The second-order valence-electron chi connectivity index (χ2n) is 2.58. The molecule has 1 aromatic rings. The van der Waals surface area contributed by atoms with Crippen LogP contribution in [0.25, 0.3) is 0 Å². The third-order valence-corrected chi connectivity index (χ3v) is 1.60. The van der Waals surface area contributed by atoms with Crippen LogP contribution in [0.1, 0.15) is 0 Å². The lowest BCUT2D eigenvalue weighted by atomic mass is 10.2. The Morgan fingerprint density at radius 2 is 1.93 bits per heavy atom. The van der Waals surface area contributed by atoms with Gasteiger partial charge in [0.15, 0.2) is 0 Å². The largest absolute Gasteiger partial charge is 0.480 e. The van der Waals surface area contributed by atoms with Gasteiger partial charge in [0.05, 0.1) is 6.61 Å². The Hall–Kier alpha value is -1.59. The number of carboxylic acids is 1. The number of aliphatic hydroxyl groups is 1. The van der Waals surface area contributed by atoms with Crippen LogP contribution < -0.4 is 5.32 Å². The Balaban J connectivity index is 0.00000169. The normalized spacial score (nSPS) is 11.2. The molecule has 0 saturated carbocycles. The van der Waals surface area contributed by atoms with Gasteiger partial charge in [-0.25, -0.2) is 4.79 Å². The molecule has 0 heterocycles. The summed E-state index contributed by atoms with van der Waals surface area (Å²) in [6, 6.07) is 7.95. The smallest absolute Gasteiger partial charge is 0.328 e. The predicted molar refractivity (Wildman–Crippen MR) is 52.2 cm³/mol. The van der Waals surface area contributed by atoms with Crippen LogP contribution in [0.2, 0.25) is 0 Å². The zero-order valence-electron chi connectivity index (χ0n) is 7.47. The molecule has 5 heteroatoms. The zero-order valence-corrected chi connectivity index (χ0v) is 7.47. The molecule has 78 valence electrons. The van der Waals surface area contributed by atoms with Crippen LogP contribution in [0.4, 0.5) is 5.69 Å². The molecule has 0 amide bonds. The van der Waals surface area contributed by atoms with E-state index in [-0.39, 0.29) is 5.48 Å². The van der Waals surface area contributed by atoms with Crippen LogP contribution in [0.15, 0.2) is 30.3 Å². The summed E-state index contributed by atoms with van der Waals surface area (Å²) in [5, 5.41) is 20.0. The SMILES string of the molecule is O.O=C(O)[C@H](CO)Nc1ccccc1. The average molecular weight is 199 g/mol. The van der Waals surface area contributed by atoms with Crippen LogP contribution in [0.5, 0.6) is 0 Å². The van der Waals surface area contributed by atoms with Crippen molar-refractivity contribution in [1.29, 1.82) is 0 Å². The summed E-state index contributed by atoms with van der Waals surface area (Å²) in [5.74, 6) is -1.06. The molecule has 0 bridgehead atoms. The van der Waals surface area contributed by atoms with Gasteiger partial charge in [-0.15, -0.1) is 0 Å². The van der Waals surface area contributed by atoms with E-state index in [1.165, 1.54) is 0 Å². The van der Waals surface area contributed by atoms with Crippen LogP contribution in [0.3, 0.4) is 0 Å². The molecule has 0 spiro atoms. The van der Waals surface area contributed by atoms with Crippen LogP contribution in [0, 0.1) is 0 Å². The van der Waals surface area contributed by atoms with Crippen molar-refractivity contribution in [3.63, 3.8) is 0 Å². The highest BCUT2D eigenvalue weighted by molar-refractivity contribution is 5.77. The van der Waals surface area contributed by atoms with Gasteiger partial charge in [-0.05, 0) is 12.1 Å². The molecule has 5 N–H and O–H groups in total. The van der Waals surface area contributed by atoms with Gasteiger partial charge in [-0.3, -0.25) is 0 Å². The third-order valence-electron chi connectivity index (χ3n) is 1.60. The number of benzene rings is 1. The quantitative estimate of drug-likeness (QED) is 0.620. The molecule has 0 saturated heterocycles.